The summed E-state index contributed by atoms with van der Waals surface area (Å²) in [5.41, 5.74) is 0. The van der Waals surface area contributed by atoms with E-state index >= 15 is 0 Å². The van der Waals surface area contributed by atoms with Crippen molar-refractivity contribution in [1.82, 2.24) is 4.90 Å². The van der Waals surface area contributed by atoms with Crippen LogP contribution in [0.5, 0.6) is 0 Å². The van der Waals surface area contributed by atoms with Crippen molar-refractivity contribution in [1.29, 1.82) is 0 Å². The van der Waals surface area contributed by atoms with E-state index in [1.165, 1.54) is 0 Å². The fraction of sp³-hybridized carbons (Fsp3) is 0.857. The minimum absolute atomic E-state index is 0.107. The predicted molar refractivity (Wildman–Crippen MR) is 71.9 cm³/mol. The van der Waals surface area contributed by atoms with Gasteiger partial charge < -0.3 is 14.7 Å². The largest absolute Gasteiger partial charge is 0.481 e. The van der Waals surface area contributed by atoms with Crippen LogP contribution in [-0.2, 0) is 14.3 Å². The normalized spacial score (nSPS) is 18.8. The van der Waals surface area contributed by atoms with Gasteiger partial charge in [-0.25, -0.2) is 0 Å². The highest BCUT2D eigenvalue weighted by Gasteiger charge is 2.21. The maximum absolute atomic E-state index is 12.1. The van der Waals surface area contributed by atoms with Gasteiger partial charge in [-0.3, -0.25) is 9.59 Å². The third kappa shape index (κ3) is 6.05. The van der Waals surface area contributed by atoms with Crippen LogP contribution >= 0.6 is 0 Å². The lowest BCUT2D eigenvalue weighted by atomic mass is 10.1. The predicted octanol–water partition coefficient (Wildman–Crippen LogP) is 2.05. The molecule has 0 aromatic rings. The van der Waals surface area contributed by atoms with Crippen LogP contribution in [0, 0.1) is 0 Å². The lowest BCUT2D eigenvalue weighted by Crippen LogP contribution is -2.38. The van der Waals surface area contributed by atoms with E-state index < -0.39 is 5.97 Å². The zero-order valence-electron chi connectivity index (χ0n) is 11.9. The summed E-state index contributed by atoms with van der Waals surface area (Å²) in [4.78, 5) is 24.4. The Morgan fingerprint density at radius 3 is 2.63 bits per heavy atom. The molecule has 1 atom stereocenters. The molecule has 1 fully saturated rings. The molecule has 0 bridgehead atoms. The topological polar surface area (TPSA) is 66.8 Å². The van der Waals surface area contributed by atoms with Gasteiger partial charge in [0.15, 0.2) is 0 Å². The quantitative estimate of drug-likeness (QED) is 0.733. The monoisotopic (exact) mass is 271 g/mol. The van der Waals surface area contributed by atoms with Gasteiger partial charge >= 0.3 is 5.97 Å². The van der Waals surface area contributed by atoms with Crippen LogP contribution in [0.15, 0.2) is 0 Å². The summed E-state index contributed by atoms with van der Waals surface area (Å²) >= 11 is 0. The summed E-state index contributed by atoms with van der Waals surface area (Å²) in [6, 6.07) is 0.116. The second-order valence-corrected chi connectivity index (χ2v) is 5.35. The van der Waals surface area contributed by atoms with E-state index in [-0.39, 0.29) is 24.5 Å². The van der Waals surface area contributed by atoms with Crippen molar-refractivity contribution in [2.75, 3.05) is 13.2 Å². The molecule has 5 nitrogen and oxygen atoms in total. The molecule has 0 aromatic carbocycles. The molecule has 1 heterocycles. The highest BCUT2D eigenvalue weighted by atomic mass is 16.5. The van der Waals surface area contributed by atoms with Gasteiger partial charge in [-0.1, -0.05) is 0 Å². The van der Waals surface area contributed by atoms with Crippen molar-refractivity contribution < 1.29 is 19.4 Å². The average Bonchev–Trinajstić information content (AvgIpc) is 2.84. The first-order valence-corrected chi connectivity index (χ1v) is 7.13. The Balaban J connectivity index is 2.32. The third-order valence-electron chi connectivity index (χ3n) is 3.44. The van der Waals surface area contributed by atoms with Crippen LogP contribution in [0.25, 0.3) is 0 Å². The van der Waals surface area contributed by atoms with Gasteiger partial charge in [0.2, 0.25) is 5.91 Å². The van der Waals surface area contributed by atoms with Gasteiger partial charge in [-0.05, 0) is 39.5 Å². The first kappa shape index (κ1) is 16.0. The number of nitrogens with zero attached hydrogens (tertiary/aromatic N) is 1. The average molecular weight is 271 g/mol. The molecule has 0 aromatic heterocycles. The number of carbonyl (C=O) groups is 2. The molecule has 0 spiro atoms. The lowest BCUT2D eigenvalue weighted by Gasteiger charge is -2.27. The molecular weight excluding hydrogens is 246 g/mol. The minimum Gasteiger partial charge on any atom is -0.481 e. The Labute approximate surface area is 114 Å². The Kier molecular flexibility index (Phi) is 6.84. The molecule has 1 saturated heterocycles. The smallest absolute Gasteiger partial charge is 0.303 e. The molecule has 1 amide bonds. The fourth-order valence-corrected chi connectivity index (χ4v) is 2.37. The minimum atomic E-state index is -0.810. The Bertz CT molecular complexity index is 298. The number of ether oxygens (including phenoxy) is 1. The van der Waals surface area contributed by atoms with Gasteiger partial charge in [-0.15, -0.1) is 0 Å². The molecule has 1 aliphatic rings. The summed E-state index contributed by atoms with van der Waals surface area (Å²) in [5, 5.41) is 8.63. The number of hydrogen-bond acceptors (Lipinski definition) is 3. The molecule has 1 rings (SSSR count). The van der Waals surface area contributed by atoms with E-state index in [1.807, 2.05) is 13.8 Å². The first-order valence-electron chi connectivity index (χ1n) is 7.13. The highest BCUT2D eigenvalue weighted by molar-refractivity contribution is 5.76. The van der Waals surface area contributed by atoms with Crippen LogP contribution in [-0.4, -0.2) is 47.2 Å². The molecule has 0 saturated carbocycles. The van der Waals surface area contributed by atoms with Crippen molar-refractivity contribution >= 4 is 11.9 Å². The second-order valence-electron chi connectivity index (χ2n) is 5.35. The molecule has 5 heteroatoms. The van der Waals surface area contributed by atoms with Crippen LogP contribution in [0.4, 0.5) is 0 Å². The number of aliphatic carboxylic acids is 1. The van der Waals surface area contributed by atoms with Crippen molar-refractivity contribution in [3.8, 4) is 0 Å². The maximum atomic E-state index is 12.1. The van der Waals surface area contributed by atoms with E-state index in [0.717, 1.165) is 25.9 Å². The zero-order valence-corrected chi connectivity index (χ0v) is 11.9. The molecule has 1 N–H and O–H groups in total. The van der Waals surface area contributed by atoms with Gasteiger partial charge in [0, 0.05) is 32.0 Å². The second kappa shape index (κ2) is 8.15. The van der Waals surface area contributed by atoms with Crippen LogP contribution in [0.2, 0.25) is 0 Å². The third-order valence-corrected chi connectivity index (χ3v) is 3.44. The number of amides is 1. The Morgan fingerprint density at radius 1 is 1.37 bits per heavy atom. The number of hydrogen-bond donors (Lipinski definition) is 1. The SMILES string of the molecule is CC(C)N(CCCC(=O)O)C(=O)CCC1CCCO1. The van der Waals surface area contributed by atoms with Crippen molar-refractivity contribution in [3.05, 3.63) is 0 Å². The molecular formula is C14H25NO4. The van der Waals surface area contributed by atoms with E-state index in [4.69, 9.17) is 9.84 Å². The van der Waals surface area contributed by atoms with Gasteiger partial charge in [0.05, 0.1) is 6.10 Å². The first-order chi connectivity index (χ1) is 9.00. The maximum Gasteiger partial charge on any atom is 0.303 e. The zero-order chi connectivity index (χ0) is 14.3. The van der Waals surface area contributed by atoms with Crippen LogP contribution in [0.1, 0.15) is 52.4 Å². The van der Waals surface area contributed by atoms with E-state index in [2.05, 4.69) is 0 Å². The van der Waals surface area contributed by atoms with Gasteiger partial charge in [0.25, 0.3) is 0 Å². The summed E-state index contributed by atoms with van der Waals surface area (Å²) in [5.74, 6) is -0.702. The van der Waals surface area contributed by atoms with Gasteiger partial charge in [0.1, 0.15) is 0 Å². The number of carbonyl (C=O) groups excluding carboxylic acids is 1. The molecule has 1 unspecified atom stereocenters. The Morgan fingerprint density at radius 2 is 2.11 bits per heavy atom. The summed E-state index contributed by atoms with van der Waals surface area (Å²) < 4.78 is 5.51. The molecule has 0 radical (unpaired) electrons. The highest BCUT2D eigenvalue weighted by Crippen LogP contribution is 2.18. The van der Waals surface area contributed by atoms with Crippen molar-refractivity contribution in [2.24, 2.45) is 0 Å². The number of carboxylic acid groups (broad SMARTS) is 1. The molecule has 1 aliphatic heterocycles. The number of rotatable bonds is 8. The summed E-state index contributed by atoms with van der Waals surface area (Å²) in [6.45, 7) is 5.26. The Hall–Kier alpha value is -1.10. The van der Waals surface area contributed by atoms with Crippen LogP contribution in [0.3, 0.4) is 0 Å². The van der Waals surface area contributed by atoms with Crippen molar-refractivity contribution in [3.63, 3.8) is 0 Å². The van der Waals surface area contributed by atoms with Crippen LogP contribution < -0.4 is 0 Å². The molecule has 0 aliphatic carbocycles. The van der Waals surface area contributed by atoms with E-state index in [0.29, 0.717) is 19.4 Å². The summed E-state index contributed by atoms with van der Waals surface area (Å²) in [7, 11) is 0. The van der Waals surface area contributed by atoms with E-state index in [1.54, 1.807) is 4.90 Å². The number of carboxylic acids is 1. The molecule has 110 valence electrons. The van der Waals surface area contributed by atoms with Crippen molar-refractivity contribution in [2.45, 2.75) is 64.5 Å². The molecule has 19 heavy (non-hydrogen) atoms. The van der Waals surface area contributed by atoms with Gasteiger partial charge in [-0.2, -0.15) is 0 Å². The standard InChI is InChI=1S/C14H25NO4/c1-11(2)15(9-3-6-14(17)18)13(16)8-7-12-5-4-10-19-12/h11-12H,3-10H2,1-2H3,(H,17,18). The summed E-state index contributed by atoms with van der Waals surface area (Å²) in [6.07, 6.45) is 4.27. The lowest BCUT2D eigenvalue weighted by molar-refractivity contribution is -0.138. The fourth-order valence-electron chi connectivity index (χ4n) is 2.37. The van der Waals surface area contributed by atoms with E-state index in [9.17, 15) is 9.59 Å².